The normalized spacial score (nSPS) is 10.4. The average molecular weight is 299 g/mol. The summed E-state index contributed by atoms with van der Waals surface area (Å²) in [6, 6.07) is 5.68. The summed E-state index contributed by atoms with van der Waals surface area (Å²) in [4.78, 5) is 12.4. The van der Waals surface area contributed by atoms with Gasteiger partial charge in [0.25, 0.3) is 5.91 Å². The topological polar surface area (TPSA) is 34.0 Å². The Bertz CT molecular complexity index is 504. The van der Waals surface area contributed by atoms with E-state index in [9.17, 15) is 4.79 Å². The molecular formula is C11H11BrN2OS. The van der Waals surface area contributed by atoms with Crippen molar-refractivity contribution in [3.63, 3.8) is 0 Å². The molecule has 0 saturated carbocycles. The molecule has 0 unspecified atom stereocenters. The van der Waals surface area contributed by atoms with Gasteiger partial charge in [-0.1, -0.05) is 0 Å². The Labute approximate surface area is 106 Å². The number of aryl methyl sites for hydroxylation is 1. The zero-order valence-electron chi connectivity index (χ0n) is 8.74. The fourth-order valence-electron chi connectivity index (χ4n) is 1.37. The molecule has 1 amide bonds. The summed E-state index contributed by atoms with van der Waals surface area (Å²) in [6.45, 7) is 0.565. The Hall–Kier alpha value is -1.07. The van der Waals surface area contributed by atoms with E-state index in [-0.39, 0.29) is 5.91 Å². The molecule has 0 fully saturated rings. The Kier molecular flexibility index (Phi) is 3.46. The third-order valence-electron chi connectivity index (χ3n) is 2.14. The lowest BCUT2D eigenvalue weighted by Crippen LogP contribution is -2.21. The first-order valence-electron chi connectivity index (χ1n) is 4.79. The monoisotopic (exact) mass is 298 g/mol. The van der Waals surface area contributed by atoms with Gasteiger partial charge < -0.3 is 9.88 Å². The van der Waals surface area contributed by atoms with Gasteiger partial charge in [0.1, 0.15) is 0 Å². The van der Waals surface area contributed by atoms with Crippen LogP contribution in [0, 0.1) is 0 Å². The number of nitrogens with zero attached hydrogens (tertiary/aromatic N) is 1. The van der Waals surface area contributed by atoms with Crippen LogP contribution in [0.2, 0.25) is 0 Å². The molecule has 2 aromatic heterocycles. The van der Waals surface area contributed by atoms with Gasteiger partial charge in [-0.2, -0.15) is 0 Å². The van der Waals surface area contributed by atoms with Crippen molar-refractivity contribution in [2.75, 3.05) is 0 Å². The number of nitrogens with one attached hydrogen (secondary N) is 1. The van der Waals surface area contributed by atoms with Crippen molar-refractivity contribution >= 4 is 33.2 Å². The van der Waals surface area contributed by atoms with Gasteiger partial charge in [0, 0.05) is 26.0 Å². The van der Waals surface area contributed by atoms with Crippen molar-refractivity contribution in [1.82, 2.24) is 9.88 Å². The van der Waals surface area contributed by atoms with Crippen molar-refractivity contribution in [2.24, 2.45) is 7.05 Å². The minimum atomic E-state index is -0.0282. The summed E-state index contributed by atoms with van der Waals surface area (Å²) in [5.74, 6) is -0.0282. The van der Waals surface area contributed by atoms with E-state index in [1.165, 1.54) is 11.3 Å². The fourth-order valence-corrected chi connectivity index (χ4v) is 2.67. The number of thiophene rings is 1. The SMILES string of the molecule is Cn1ccc(CNC(=O)c2ccc(Br)s2)c1. The molecule has 0 atom stereocenters. The summed E-state index contributed by atoms with van der Waals surface area (Å²) in [6.07, 6.45) is 3.95. The maximum atomic E-state index is 11.7. The zero-order chi connectivity index (χ0) is 11.5. The molecule has 0 radical (unpaired) electrons. The van der Waals surface area contributed by atoms with Crippen LogP contribution in [0.3, 0.4) is 0 Å². The summed E-state index contributed by atoms with van der Waals surface area (Å²) in [5, 5.41) is 2.88. The molecule has 0 bridgehead atoms. The van der Waals surface area contributed by atoms with Crippen molar-refractivity contribution in [2.45, 2.75) is 6.54 Å². The molecular weight excluding hydrogens is 288 g/mol. The summed E-state index contributed by atoms with van der Waals surface area (Å²) in [7, 11) is 1.96. The Morgan fingerprint density at radius 3 is 2.88 bits per heavy atom. The van der Waals surface area contributed by atoms with Gasteiger partial charge in [-0.25, -0.2) is 0 Å². The highest BCUT2D eigenvalue weighted by Crippen LogP contribution is 2.21. The van der Waals surface area contributed by atoms with Crippen LogP contribution < -0.4 is 5.32 Å². The number of hydrogen-bond donors (Lipinski definition) is 1. The maximum Gasteiger partial charge on any atom is 0.261 e. The molecule has 84 valence electrons. The molecule has 0 aromatic carbocycles. The highest BCUT2D eigenvalue weighted by atomic mass is 79.9. The number of carbonyl (C=O) groups excluding carboxylic acids is 1. The lowest BCUT2D eigenvalue weighted by atomic mass is 10.3. The smallest absolute Gasteiger partial charge is 0.261 e. The van der Waals surface area contributed by atoms with Crippen LogP contribution in [-0.4, -0.2) is 10.5 Å². The number of amides is 1. The van der Waals surface area contributed by atoms with Gasteiger partial charge in [0.05, 0.1) is 8.66 Å². The predicted molar refractivity (Wildman–Crippen MR) is 68.6 cm³/mol. The second-order valence-electron chi connectivity index (χ2n) is 3.47. The standard InChI is InChI=1S/C11H11BrN2OS/c1-14-5-4-8(7-14)6-13-11(15)9-2-3-10(12)16-9/h2-5,7H,6H2,1H3,(H,13,15). The molecule has 0 aliphatic rings. The van der Waals surface area contributed by atoms with Crippen LogP contribution in [0.15, 0.2) is 34.4 Å². The molecule has 16 heavy (non-hydrogen) atoms. The van der Waals surface area contributed by atoms with E-state index in [4.69, 9.17) is 0 Å². The number of rotatable bonds is 3. The summed E-state index contributed by atoms with van der Waals surface area (Å²) in [5.41, 5.74) is 1.10. The summed E-state index contributed by atoms with van der Waals surface area (Å²) >= 11 is 4.77. The quantitative estimate of drug-likeness (QED) is 0.929. The van der Waals surface area contributed by atoms with Crippen LogP contribution in [0.25, 0.3) is 0 Å². The third-order valence-corrected chi connectivity index (χ3v) is 3.77. The molecule has 5 heteroatoms. The van der Waals surface area contributed by atoms with Gasteiger partial charge in [-0.15, -0.1) is 11.3 Å². The van der Waals surface area contributed by atoms with Crippen LogP contribution in [0.5, 0.6) is 0 Å². The fraction of sp³-hybridized carbons (Fsp3) is 0.182. The van der Waals surface area contributed by atoms with Gasteiger partial charge in [0.2, 0.25) is 0 Å². The van der Waals surface area contributed by atoms with E-state index < -0.39 is 0 Å². The summed E-state index contributed by atoms with van der Waals surface area (Å²) < 4.78 is 2.93. The third kappa shape index (κ3) is 2.74. The molecule has 3 nitrogen and oxygen atoms in total. The average Bonchev–Trinajstić information content (AvgIpc) is 2.84. The molecule has 0 saturated heterocycles. The molecule has 0 aliphatic heterocycles. The zero-order valence-corrected chi connectivity index (χ0v) is 11.1. The molecule has 2 aromatic rings. The van der Waals surface area contributed by atoms with Gasteiger partial charge >= 0.3 is 0 Å². The minimum absolute atomic E-state index is 0.0282. The molecule has 2 heterocycles. The highest BCUT2D eigenvalue weighted by Gasteiger charge is 2.07. The van der Waals surface area contributed by atoms with Crippen molar-refractivity contribution in [3.8, 4) is 0 Å². The molecule has 1 N–H and O–H groups in total. The molecule has 0 spiro atoms. The number of aromatic nitrogens is 1. The number of carbonyl (C=O) groups is 1. The van der Waals surface area contributed by atoms with Crippen LogP contribution in [0.1, 0.15) is 15.2 Å². The lowest BCUT2D eigenvalue weighted by Gasteiger charge is -2.00. The van der Waals surface area contributed by atoms with E-state index in [2.05, 4.69) is 21.2 Å². The van der Waals surface area contributed by atoms with Crippen molar-refractivity contribution in [1.29, 1.82) is 0 Å². The van der Waals surface area contributed by atoms with E-state index >= 15 is 0 Å². The van der Waals surface area contributed by atoms with E-state index in [1.54, 1.807) is 0 Å². The second kappa shape index (κ2) is 4.84. The van der Waals surface area contributed by atoms with E-state index in [1.807, 2.05) is 42.2 Å². The maximum absolute atomic E-state index is 11.7. The van der Waals surface area contributed by atoms with E-state index in [0.29, 0.717) is 6.54 Å². The molecule has 2 rings (SSSR count). The van der Waals surface area contributed by atoms with Crippen molar-refractivity contribution < 1.29 is 4.79 Å². The molecule has 0 aliphatic carbocycles. The number of hydrogen-bond acceptors (Lipinski definition) is 2. The lowest BCUT2D eigenvalue weighted by molar-refractivity contribution is 0.0955. The van der Waals surface area contributed by atoms with E-state index in [0.717, 1.165) is 14.2 Å². The van der Waals surface area contributed by atoms with Gasteiger partial charge in [0.15, 0.2) is 0 Å². The first-order chi connectivity index (χ1) is 7.65. The number of halogens is 1. The first kappa shape index (κ1) is 11.4. The van der Waals surface area contributed by atoms with Gasteiger partial charge in [-0.05, 0) is 39.7 Å². The Balaban J connectivity index is 1.93. The van der Waals surface area contributed by atoms with Crippen LogP contribution in [-0.2, 0) is 13.6 Å². The first-order valence-corrected chi connectivity index (χ1v) is 6.40. The predicted octanol–water partition coefficient (Wildman–Crippen LogP) is 2.78. The highest BCUT2D eigenvalue weighted by molar-refractivity contribution is 9.11. The second-order valence-corrected chi connectivity index (χ2v) is 5.93. The van der Waals surface area contributed by atoms with Crippen LogP contribution in [0.4, 0.5) is 0 Å². The van der Waals surface area contributed by atoms with Crippen LogP contribution >= 0.6 is 27.3 Å². The Morgan fingerprint density at radius 2 is 2.31 bits per heavy atom. The largest absolute Gasteiger partial charge is 0.357 e. The van der Waals surface area contributed by atoms with Crippen molar-refractivity contribution in [3.05, 3.63) is 44.8 Å². The minimum Gasteiger partial charge on any atom is -0.357 e. The van der Waals surface area contributed by atoms with Gasteiger partial charge in [-0.3, -0.25) is 4.79 Å². The Morgan fingerprint density at radius 1 is 1.50 bits per heavy atom.